The van der Waals surface area contributed by atoms with Crippen LogP contribution in [0.5, 0.6) is 0 Å². The van der Waals surface area contributed by atoms with Crippen molar-refractivity contribution in [1.29, 1.82) is 0 Å². The molecule has 0 bridgehead atoms. The molecule has 1 N–H and O–H groups in total. The number of carbonyl (C=O) groups is 1. The van der Waals surface area contributed by atoms with E-state index in [-0.39, 0.29) is 11.9 Å². The molecule has 1 aliphatic heterocycles. The van der Waals surface area contributed by atoms with Gasteiger partial charge in [0.05, 0.1) is 6.04 Å². The molecule has 0 saturated carbocycles. The summed E-state index contributed by atoms with van der Waals surface area (Å²) in [5, 5.41) is 3.13. The first-order valence-corrected chi connectivity index (χ1v) is 8.91. The first-order valence-electron chi connectivity index (χ1n) is 8.91. The smallest absolute Gasteiger partial charge is 0.237 e. The molecule has 0 aromatic heterocycles. The van der Waals surface area contributed by atoms with E-state index in [0.717, 1.165) is 39.1 Å². The minimum absolute atomic E-state index is 0.0465. The molecule has 1 aromatic carbocycles. The second kappa shape index (κ2) is 9.04. The van der Waals surface area contributed by atoms with Gasteiger partial charge in [-0.15, -0.1) is 0 Å². The lowest BCUT2D eigenvalue weighted by Gasteiger charge is -2.27. The summed E-state index contributed by atoms with van der Waals surface area (Å²) in [5.74, 6) is 0.491. The van der Waals surface area contributed by atoms with Crippen molar-refractivity contribution in [2.45, 2.75) is 39.2 Å². The summed E-state index contributed by atoms with van der Waals surface area (Å²) < 4.78 is 0. The van der Waals surface area contributed by atoms with Gasteiger partial charge in [-0.1, -0.05) is 44.2 Å². The number of hydrogen-bond donors (Lipinski definition) is 1. The number of nitrogens with zero attached hydrogens (tertiary/aromatic N) is 2. The predicted molar refractivity (Wildman–Crippen MR) is 95.6 cm³/mol. The van der Waals surface area contributed by atoms with E-state index in [4.69, 9.17) is 0 Å². The molecule has 2 atom stereocenters. The molecule has 0 spiro atoms. The van der Waals surface area contributed by atoms with E-state index >= 15 is 0 Å². The molecule has 0 unspecified atom stereocenters. The highest BCUT2D eigenvalue weighted by atomic mass is 16.2. The van der Waals surface area contributed by atoms with E-state index in [1.165, 1.54) is 5.56 Å². The van der Waals surface area contributed by atoms with Crippen LogP contribution in [0, 0.1) is 0 Å². The Hall–Kier alpha value is -1.39. The number of rotatable bonds is 6. The summed E-state index contributed by atoms with van der Waals surface area (Å²) in [7, 11) is 0. The average molecular weight is 317 g/mol. The van der Waals surface area contributed by atoms with Crippen LogP contribution in [0.15, 0.2) is 30.3 Å². The third-order valence-electron chi connectivity index (χ3n) is 4.95. The normalized spacial score (nSPS) is 19.8. The molecule has 1 saturated heterocycles. The zero-order valence-corrected chi connectivity index (χ0v) is 14.8. The Bertz CT molecular complexity index is 477. The summed E-state index contributed by atoms with van der Waals surface area (Å²) in [4.78, 5) is 17.3. The molecule has 4 nitrogen and oxygen atoms in total. The summed E-state index contributed by atoms with van der Waals surface area (Å²) in [6.07, 6.45) is 1.14. The van der Waals surface area contributed by atoms with Gasteiger partial charge < -0.3 is 10.2 Å². The molecule has 4 heteroatoms. The van der Waals surface area contributed by atoms with Crippen LogP contribution in [-0.2, 0) is 4.79 Å². The van der Waals surface area contributed by atoms with Crippen molar-refractivity contribution in [3.63, 3.8) is 0 Å². The number of hydrogen-bond acceptors (Lipinski definition) is 3. The third kappa shape index (κ3) is 5.33. The third-order valence-corrected chi connectivity index (χ3v) is 4.95. The summed E-state index contributed by atoms with van der Waals surface area (Å²) >= 11 is 0. The summed E-state index contributed by atoms with van der Waals surface area (Å²) in [5.41, 5.74) is 1.27. The van der Waals surface area contributed by atoms with Crippen molar-refractivity contribution >= 4 is 5.91 Å². The maximum absolute atomic E-state index is 12.5. The van der Waals surface area contributed by atoms with E-state index in [2.05, 4.69) is 41.1 Å². The highest BCUT2D eigenvalue weighted by Gasteiger charge is 2.23. The fourth-order valence-corrected chi connectivity index (χ4v) is 3.16. The molecule has 0 radical (unpaired) electrons. The number of nitrogens with one attached hydrogen (secondary N) is 1. The molecule has 0 aliphatic carbocycles. The van der Waals surface area contributed by atoms with Crippen LogP contribution in [0.2, 0.25) is 0 Å². The Labute approximate surface area is 140 Å². The van der Waals surface area contributed by atoms with Crippen LogP contribution in [0.1, 0.15) is 38.7 Å². The lowest BCUT2D eigenvalue weighted by atomic mass is 10.0. The molecule has 1 heterocycles. The minimum atomic E-state index is -0.0465. The van der Waals surface area contributed by atoms with Gasteiger partial charge in [-0.3, -0.25) is 9.69 Å². The first kappa shape index (κ1) is 18.0. The number of carbonyl (C=O) groups excluding carboxylic acids is 1. The molecule has 1 aromatic rings. The highest BCUT2D eigenvalue weighted by Crippen LogP contribution is 2.13. The number of likely N-dealkylation sites (N-methyl/N-ethyl adjacent to an activating group) is 1. The van der Waals surface area contributed by atoms with Gasteiger partial charge in [0.15, 0.2) is 0 Å². The molecular weight excluding hydrogens is 286 g/mol. The van der Waals surface area contributed by atoms with Crippen LogP contribution in [0.25, 0.3) is 0 Å². The monoisotopic (exact) mass is 317 g/mol. The van der Waals surface area contributed by atoms with Crippen molar-refractivity contribution in [3.05, 3.63) is 35.9 Å². The molecule has 128 valence electrons. The maximum Gasteiger partial charge on any atom is 0.237 e. The van der Waals surface area contributed by atoms with Crippen LogP contribution in [-0.4, -0.2) is 61.0 Å². The summed E-state index contributed by atoms with van der Waals surface area (Å²) in [6, 6.07) is 10.3. The van der Waals surface area contributed by atoms with E-state index in [9.17, 15) is 4.79 Å². The fraction of sp³-hybridized carbons (Fsp3) is 0.632. The van der Waals surface area contributed by atoms with Crippen LogP contribution < -0.4 is 5.32 Å². The Balaban J connectivity index is 1.80. The molecule has 2 rings (SSSR count). The van der Waals surface area contributed by atoms with Gasteiger partial charge in [-0.05, 0) is 37.9 Å². The van der Waals surface area contributed by atoms with Gasteiger partial charge in [0.25, 0.3) is 0 Å². The topological polar surface area (TPSA) is 35.6 Å². The van der Waals surface area contributed by atoms with Crippen LogP contribution in [0.4, 0.5) is 0 Å². The second-order valence-electron chi connectivity index (χ2n) is 6.56. The largest absolute Gasteiger partial charge is 0.354 e. The van der Waals surface area contributed by atoms with E-state index in [1.807, 2.05) is 25.1 Å². The van der Waals surface area contributed by atoms with Crippen LogP contribution in [0.3, 0.4) is 0 Å². The Morgan fingerprint density at radius 3 is 2.57 bits per heavy atom. The lowest BCUT2D eigenvalue weighted by molar-refractivity contribution is -0.125. The first-order chi connectivity index (χ1) is 11.1. The van der Waals surface area contributed by atoms with Crippen LogP contribution >= 0.6 is 0 Å². The van der Waals surface area contributed by atoms with Gasteiger partial charge >= 0.3 is 0 Å². The zero-order valence-electron chi connectivity index (χ0n) is 14.8. The SMILES string of the molecule is CCN1CCCN([C@H](C)C(=O)NC[C@@H](C)c2ccccc2)CC1. The predicted octanol–water partition coefficient (Wildman–Crippen LogP) is 2.32. The van der Waals surface area contributed by atoms with Gasteiger partial charge in [-0.25, -0.2) is 0 Å². The van der Waals surface area contributed by atoms with Crippen molar-refractivity contribution in [3.8, 4) is 0 Å². The van der Waals surface area contributed by atoms with Crippen molar-refractivity contribution in [2.75, 3.05) is 39.3 Å². The number of amides is 1. The zero-order chi connectivity index (χ0) is 16.7. The fourth-order valence-electron chi connectivity index (χ4n) is 3.16. The van der Waals surface area contributed by atoms with E-state index in [1.54, 1.807) is 0 Å². The summed E-state index contributed by atoms with van der Waals surface area (Å²) in [6.45, 7) is 12.4. The Morgan fingerprint density at radius 1 is 1.13 bits per heavy atom. The van der Waals surface area contributed by atoms with E-state index < -0.39 is 0 Å². The minimum Gasteiger partial charge on any atom is -0.354 e. The van der Waals surface area contributed by atoms with Crippen molar-refractivity contribution < 1.29 is 4.79 Å². The molecule has 23 heavy (non-hydrogen) atoms. The van der Waals surface area contributed by atoms with Crippen molar-refractivity contribution in [2.24, 2.45) is 0 Å². The van der Waals surface area contributed by atoms with Gasteiger partial charge in [-0.2, -0.15) is 0 Å². The molecular formula is C19H31N3O. The average Bonchev–Trinajstić information content (AvgIpc) is 2.85. The standard InChI is InChI=1S/C19H31N3O/c1-4-21-11-8-12-22(14-13-21)17(3)19(23)20-15-16(2)18-9-6-5-7-10-18/h5-7,9-10,16-17H,4,8,11-15H2,1-3H3,(H,20,23)/t16-,17-/m1/s1. The second-order valence-corrected chi connectivity index (χ2v) is 6.56. The molecule has 1 aliphatic rings. The molecule has 1 fully saturated rings. The Morgan fingerprint density at radius 2 is 1.87 bits per heavy atom. The Kier molecular flexibility index (Phi) is 7.06. The van der Waals surface area contributed by atoms with Gasteiger partial charge in [0, 0.05) is 26.2 Å². The molecule has 1 amide bonds. The maximum atomic E-state index is 12.5. The number of benzene rings is 1. The highest BCUT2D eigenvalue weighted by molar-refractivity contribution is 5.81. The quantitative estimate of drug-likeness (QED) is 0.875. The lowest BCUT2D eigenvalue weighted by Crippen LogP contribution is -2.47. The van der Waals surface area contributed by atoms with Gasteiger partial charge in [0.2, 0.25) is 5.91 Å². The van der Waals surface area contributed by atoms with Gasteiger partial charge in [0.1, 0.15) is 0 Å². The van der Waals surface area contributed by atoms with Crippen molar-refractivity contribution in [1.82, 2.24) is 15.1 Å². The van der Waals surface area contributed by atoms with E-state index in [0.29, 0.717) is 12.5 Å².